The maximum absolute atomic E-state index is 12.6. The van der Waals surface area contributed by atoms with E-state index >= 15 is 0 Å². The van der Waals surface area contributed by atoms with Gasteiger partial charge >= 0.3 is 0 Å². The summed E-state index contributed by atoms with van der Waals surface area (Å²) in [5, 5.41) is 7.48. The molecule has 3 heterocycles. The minimum Gasteiger partial charge on any atom is -0.338 e. The summed E-state index contributed by atoms with van der Waals surface area (Å²) in [5.74, 6) is 0.139. The first-order valence-electron chi connectivity index (χ1n) is 7.55. The van der Waals surface area contributed by atoms with Gasteiger partial charge in [-0.05, 0) is 62.1 Å². The first-order chi connectivity index (χ1) is 9.74. The zero-order valence-electron chi connectivity index (χ0n) is 12.0. The van der Waals surface area contributed by atoms with Crippen LogP contribution in [0.2, 0.25) is 0 Å². The Morgan fingerprint density at radius 2 is 2.00 bits per heavy atom. The van der Waals surface area contributed by atoms with E-state index in [2.05, 4.69) is 14.9 Å². The summed E-state index contributed by atoms with van der Waals surface area (Å²) in [6.45, 7) is 6.06. The maximum Gasteiger partial charge on any atom is 0.267 e. The standard InChI is InChI=1S/C14H22N4OS/c1-2-11-12(20-17-16-11)13(19)18-9-5-14(6-10-18)3-7-15-8-4-14/h15H,2-10H2,1H3. The van der Waals surface area contributed by atoms with Crippen molar-refractivity contribution in [2.45, 2.75) is 39.0 Å². The van der Waals surface area contributed by atoms with Crippen LogP contribution in [0.15, 0.2) is 0 Å². The van der Waals surface area contributed by atoms with Gasteiger partial charge in [0.05, 0.1) is 5.69 Å². The molecule has 0 aromatic carbocycles. The summed E-state index contributed by atoms with van der Waals surface area (Å²) in [6, 6.07) is 0. The quantitative estimate of drug-likeness (QED) is 0.902. The van der Waals surface area contributed by atoms with Crippen LogP contribution in [0, 0.1) is 5.41 Å². The van der Waals surface area contributed by atoms with Gasteiger partial charge in [0.25, 0.3) is 5.91 Å². The Kier molecular flexibility index (Phi) is 4.03. The Balaban J connectivity index is 1.64. The van der Waals surface area contributed by atoms with Crippen LogP contribution in [-0.2, 0) is 6.42 Å². The summed E-state index contributed by atoms with van der Waals surface area (Å²) in [4.78, 5) is 15.3. The Bertz CT molecular complexity index is 471. The predicted octanol–water partition coefficient (Wildman–Crippen LogP) is 1.71. The van der Waals surface area contributed by atoms with Crippen LogP contribution in [0.1, 0.15) is 48.0 Å². The zero-order chi connectivity index (χ0) is 14.0. The minimum absolute atomic E-state index is 0.139. The zero-order valence-corrected chi connectivity index (χ0v) is 12.8. The lowest BCUT2D eigenvalue weighted by molar-refractivity contribution is 0.0499. The van der Waals surface area contributed by atoms with Gasteiger partial charge < -0.3 is 10.2 Å². The molecule has 2 aliphatic rings. The average Bonchev–Trinajstić information content (AvgIpc) is 2.97. The van der Waals surface area contributed by atoms with Gasteiger partial charge in [0.1, 0.15) is 4.88 Å². The molecule has 1 amide bonds. The predicted molar refractivity (Wildman–Crippen MR) is 79.0 cm³/mol. The molecule has 1 spiro atoms. The number of piperidine rings is 2. The van der Waals surface area contributed by atoms with Gasteiger partial charge in [0.15, 0.2) is 0 Å². The first-order valence-corrected chi connectivity index (χ1v) is 8.33. The van der Waals surface area contributed by atoms with Crippen LogP contribution in [0.5, 0.6) is 0 Å². The fraction of sp³-hybridized carbons (Fsp3) is 0.786. The Hall–Kier alpha value is -1.01. The highest BCUT2D eigenvalue weighted by molar-refractivity contribution is 7.08. The molecule has 2 fully saturated rings. The molecule has 5 nitrogen and oxygen atoms in total. The number of nitrogens with one attached hydrogen (secondary N) is 1. The van der Waals surface area contributed by atoms with E-state index in [1.807, 2.05) is 11.8 Å². The number of hydrogen-bond donors (Lipinski definition) is 1. The van der Waals surface area contributed by atoms with Crippen LogP contribution in [-0.4, -0.2) is 46.6 Å². The number of carbonyl (C=O) groups excluding carboxylic acids is 1. The largest absolute Gasteiger partial charge is 0.338 e. The third kappa shape index (κ3) is 2.59. The lowest BCUT2D eigenvalue weighted by atomic mass is 9.71. The van der Waals surface area contributed by atoms with E-state index in [-0.39, 0.29) is 5.91 Å². The molecule has 0 saturated carbocycles. The Morgan fingerprint density at radius 3 is 2.65 bits per heavy atom. The summed E-state index contributed by atoms with van der Waals surface area (Å²) in [5.41, 5.74) is 1.34. The van der Waals surface area contributed by atoms with E-state index in [0.717, 1.165) is 56.0 Å². The molecule has 6 heteroatoms. The summed E-state index contributed by atoms with van der Waals surface area (Å²) >= 11 is 1.24. The first kappa shape index (κ1) is 13.9. The average molecular weight is 294 g/mol. The van der Waals surface area contributed by atoms with Gasteiger partial charge in [-0.15, -0.1) is 5.10 Å². The molecule has 0 radical (unpaired) electrons. The number of aryl methyl sites for hydroxylation is 1. The molecule has 1 aromatic heterocycles. The third-order valence-electron chi connectivity index (χ3n) is 4.86. The van der Waals surface area contributed by atoms with Crippen molar-refractivity contribution in [3.05, 3.63) is 10.6 Å². The van der Waals surface area contributed by atoms with Crippen molar-refractivity contribution in [1.82, 2.24) is 19.8 Å². The van der Waals surface area contributed by atoms with Gasteiger partial charge in [0.2, 0.25) is 0 Å². The van der Waals surface area contributed by atoms with Gasteiger partial charge in [-0.3, -0.25) is 4.79 Å². The summed E-state index contributed by atoms with van der Waals surface area (Å²) in [6.07, 6.45) is 5.60. The van der Waals surface area contributed by atoms with Crippen molar-refractivity contribution in [3.63, 3.8) is 0 Å². The molecule has 1 aromatic rings. The second kappa shape index (κ2) is 5.77. The topological polar surface area (TPSA) is 58.1 Å². The second-order valence-corrected chi connectivity index (χ2v) is 6.70. The van der Waals surface area contributed by atoms with E-state index < -0.39 is 0 Å². The van der Waals surface area contributed by atoms with Crippen molar-refractivity contribution in [3.8, 4) is 0 Å². The number of rotatable bonds is 2. The Labute approximate surface area is 123 Å². The van der Waals surface area contributed by atoms with Crippen molar-refractivity contribution in [1.29, 1.82) is 0 Å². The molecule has 0 aliphatic carbocycles. The molecule has 110 valence electrons. The van der Waals surface area contributed by atoms with Crippen LogP contribution >= 0.6 is 11.5 Å². The fourth-order valence-electron chi connectivity index (χ4n) is 3.39. The van der Waals surface area contributed by atoms with Crippen molar-refractivity contribution in [2.75, 3.05) is 26.2 Å². The SMILES string of the molecule is CCc1nnsc1C(=O)N1CCC2(CCNCC2)CC1. The van der Waals surface area contributed by atoms with Crippen LogP contribution in [0.25, 0.3) is 0 Å². The number of nitrogens with zero attached hydrogens (tertiary/aromatic N) is 3. The smallest absolute Gasteiger partial charge is 0.267 e. The van der Waals surface area contributed by atoms with E-state index in [1.165, 1.54) is 24.4 Å². The number of aromatic nitrogens is 2. The van der Waals surface area contributed by atoms with Gasteiger partial charge in [-0.2, -0.15) is 0 Å². The molecular weight excluding hydrogens is 272 g/mol. The summed E-state index contributed by atoms with van der Waals surface area (Å²) < 4.78 is 3.93. The highest BCUT2D eigenvalue weighted by atomic mass is 32.1. The van der Waals surface area contributed by atoms with Gasteiger partial charge in [-0.1, -0.05) is 11.4 Å². The molecule has 0 atom stereocenters. The van der Waals surface area contributed by atoms with Crippen LogP contribution in [0.4, 0.5) is 0 Å². The number of carbonyl (C=O) groups is 1. The minimum atomic E-state index is 0.139. The van der Waals surface area contributed by atoms with Crippen molar-refractivity contribution < 1.29 is 4.79 Å². The lowest BCUT2D eigenvalue weighted by Crippen LogP contribution is -2.47. The van der Waals surface area contributed by atoms with Crippen LogP contribution in [0.3, 0.4) is 0 Å². The van der Waals surface area contributed by atoms with Crippen molar-refractivity contribution in [2.24, 2.45) is 5.41 Å². The molecule has 0 bridgehead atoms. The second-order valence-electron chi connectivity index (χ2n) is 5.94. The van der Waals surface area contributed by atoms with E-state index in [1.54, 1.807) is 0 Å². The number of hydrogen-bond acceptors (Lipinski definition) is 5. The highest BCUT2D eigenvalue weighted by Gasteiger charge is 2.37. The van der Waals surface area contributed by atoms with Crippen LogP contribution < -0.4 is 5.32 Å². The molecule has 3 rings (SSSR count). The third-order valence-corrected chi connectivity index (χ3v) is 5.62. The normalized spacial score (nSPS) is 22.1. The molecule has 1 N–H and O–H groups in total. The van der Waals surface area contributed by atoms with E-state index in [9.17, 15) is 4.79 Å². The lowest BCUT2D eigenvalue weighted by Gasteiger charge is -2.44. The molecule has 20 heavy (non-hydrogen) atoms. The van der Waals surface area contributed by atoms with E-state index in [4.69, 9.17) is 0 Å². The van der Waals surface area contributed by atoms with Crippen molar-refractivity contribution >= 4 is 17.4 Å². The van der Waals surface area contributed by atoms with Gasteiger partial charge in [0, 0.05) is 13.1 Å². The molecule has 0 unspecified atom stereocenters. The summed E-state index contributed by atoms with van der Waals surface area (Å²) in [7, 11) is 0. The molecule has 2 aliphatic heterocycles. The fourth-order valence-corrected chi connectivity index (χ4v) is 4.11. The highest BCUT2D eigenvalue weighted by Crippen LogP contribution is 2.39. The Morgan fingerprint density at radius 1 is 1.30 bits per heavy atom. The van der Waals surface area contributed by atoms with Gasteiger partial charge in [-0.25, -0.2) is 0 Å². The number of likely N-dealkylation sites (tertiary alicyclic amines) is 1. The number of amides is 1. The van der Waals surface area contributed by atoms with E-state index in [0.29, 0.717) is 5.41 Å². The molecular formula is C14H22N4OS. The monoisotopic (exact) mass is 294 g/mol. The maximum atomic E-state index is 12.6. The molecule has 2 saturated heterocycles.